The van der Waals surface area contributed by atoms with E-state index in [1.807, 2.05) is 37.4 Å². The van der Waals surface area contributed by atoms with Crippen LogP contribution in [0.3, 0.4) is 0 Å². The number of rotatable bonds is 8. The van der Waals surface area contributed by atoms with Gasteiger partial charge in [0.1, 0.15) is 5.82 Å². The second kappa shape index (κ2) is 12.1. The topological polar surface area (TPSA) is 38.8 Å². The summed E-state index contributed by atoms with van der Waals surface area (Å²) in [5, 5.41) is 3.48. The summed E-state index contributed by atoms with van der Waals surface area (Å²) in [6, 6.07) is 13.0. The molecule has 0 aromatic heterocycles. The van der Waals surface area contributed by atoms with Crippen molar-refractivity contribution in [3.63, 3.8) is 0 Å². The average Bonchev–Trinajstić information content (AvgIpc) is 3.06. The lowest BCUT2D eigenvalue weighted by atomic mass is 9.93. The number of amides is 1. The third-order valence-corrected chi connectivity index (χ3v) is 7.83. The number of hydrogen-bond donors (Lipinski definition) is 1. The highest BCUT2D eigenvalue weighted by molar-refractivity contribution is 9.11. The zero-order valence-electron chi connectivity index (χ0n) is 19.7. The van der Waals surface area contributed by atoms with E-state index in [1.54, 1.807) is 4.90 Å². The van der Waals surface area contributed by atoms with Crippen molar-refractivity contribution in [1.29, 1.82) is 0 Å². The molecule has 184 valence electrons. The van der Waals surface area contributed by atoms with Crippen LogP contribution in [0, 0.1) is 5.82 Å². The van der Waals surface area contributed by atoms with Crippen LogP contribution in [0.1, 0.15) is 34.7 Å². The van der Waals surface area contributed by atoms with E-state index < -0.39 is 0 Å². The lowest BCUT2D eigenvalue weighted by Gasteiger charge is -2.45. The number of nitrogens with zero attached hydrogens (tertiary/aromatic N) is 3. The first-order valence-electron chi connectivity index (χ1n) is 12.0. The van der Waals surface area contributed by atoms with Crippen molar-refractivity contribution in [2.75, 3.05) is 59.4 Å². The summed E-state index contributed by atoms with van der Waals surface area (Å²) < 4.78 is 15.3. The van der Waals surface area contributed by atoms with Crippen LogP contribution in [0.25, 0.3) is 0 Å². The van der Waals surface area contributed by atoms with Gasteiger partial charge in [0, 0.05) is 66.2 Å². The standard InChI is InChI=1S/C26H33Br2FN4O/c1-31(26(34)21-13-22(27)15-23(28)14-21)16-20(19-3-5-24(29)6-4-19)7-11-32-17-25(18-32)33-10-2-8-30-9-12-33/h3-6,13-15,20,25,30H,2,7-12,16-18H2,1H3/t20-/m1/s1. The molecule has 2 aliphatic rings. The maximum Gasteiger partial charge on any atom is 0.253 e. The molecule has 2 saturated heterocycles. The fourth-order valence-corrected chi connectivity index (χ4v) is 6.23. The molecule has 2 aliphatic heterocycles. The minimum atomic E-state index is -0.233. The van der Waals surface area contributed by atoms with Crippen LogP contribution in [0.2, 0.25) is 0 Å². The van der Waals surface area contributed by atoms with Crippen LogP contribution in [-0.4, -0.2) is 86.1 Å². The Kier molecular flexibility index (Phi) is 9.15. The summed E-state index contributed by atoms with van der Waals surface area (Å²) in [4.78, 5) is 20.0. The SMILES string of the molecule is CN(C[C@@H](CCN1CC(N2CCCNCC2)C1)c1ccc(F)cc1)C(=O)c1cc(Br)cc(Br)c1. The molecular formula is C26H33Br2FN4O. The minimum Gasteiger partial charge on any atom is -0.341 e. The molecule has 4 rings (SSSR count). The first-order chi connectivity index (χ1) is 16.4. The molecule has 0 unspecified atom stereocenters. The Morgan fingerprint density at radius 2 is 1.82 bits per heavy atom. The van der Waals surface area contributed by atoms with Crippen LogP contribution in [0.15, 0.2) is 51.4 Å². The molecule has 0 spiro atoms. The maximum absolute atomic E-state index is 13.6. The van der Waals surface area contributed by atoms with Crippen LogP contribution in [-0.2, 0) is 0 Å². The van der Waals surface area contributed by atoms with Gasteiger partial charge in [-0.3, -0.25) is 9.69 Å². The average molecular weight is 596 g/mol. The number of likely N-dealkylation sites (tertiary alicyclic amines) is 1. The van der Waals surface area contributed by atoms with Gasteiger partial charge in [0.2, 0.25) is 0 Å². The summed E-state index contributed by atoms with van der Waals surface area (Å²) in [5.41, 5.74) is 1.71. The Morgan fingerprint density at radius 3 is 2.53 bits per heavy atom. The number of benzene rings is 2. The summed E-state index contributed by atoms with van der Waals surface area (Å²) in [6.07, 6.45) is 2.15. The Hall–Kier alpha value is -1.32. The van der Waals surface area contributed by atoms with Crippen molar-refractivity contribution in [3.8, 4) is 0 Å². The first-order valence-corrected chi connectivity index (χ1v) is 13.6. The van der Waals surface area contributed by atoms with Crippen molar-refractivity contribution in [1.82, 2.24) is 20.0 Å². The fraction of sp³-hybridized carbons (Fsp3) is 0.500. The fourth-order valence-electron chi connectivity index (χ4n) is 4.94. The highest BCUT2D eigenvalue weighted by Gasteiger charge is 2.32. The second-order valence-corrected chi connectivity index (χ2v) is 11.3. The summed E-state index contributed by atoms with van der Waals surface area (Å²) >= 11 is 6.94. The van der Waals surface area contributed by atoms with Crippen molar-refractivity contribution in [2.45, 2.75) is 24.8 Å². The largest absolute Gasteiger partial charge is 0.341 e. The number of hydrogen-bond acceptors (Lipinski definition) is 4. The summed E-state index contributed by atoms with van der Waals surface area (Å²) in [6.45, 7) is 8.30. The molecule has 0 aliphatic carbocycles. The van der Waals surface area contributed by atoms with Crippen LogP contribution < -0.4 is 5.32 Å². The van der Waals surface area contributed by atoms with E-state index in [2.05, 4.69) is 47.0 Å². The number of halogens is 3. The van der Waals surface area contributed by atoms with Crippen LogP contribution in [0.4, 0.5) is 4.39 Å². The van der Waals surface area contributed by atoms with E-state index in [1.165, 1.54) is 25.1 Å². The monoisotopic (exact) mass is 594 g/mol. The summed E-state index contributed by atoms with van der Waals surface area (Å²) in [5.74, 6) is -0.108. The van der Waals surface area contributed by atoms with Gasteiger partial charge in [-0.15, -0.1) is 0 Å². The number of nitrogens with one attached hydrogen (secondary N) is 1. The van der Waals surface area contributed by atoms with Gasteiger partial charge in [-0.25, -0.2) is 4.39 Å². The number of carbonyl (C=O) groups is 1. The zero-order chi connectivity index (χ0) is 24.1. The van der Waals surface area contributed by atoms with Gasteiger partial charge in [0.05, 0.1) is 0 Å². The molecule has 0 bridgehead atoms. The molecular weight excluding hydrogens is 563 g/mol. The maximum atomic E-state index is 13.6. The second-order valence-electron chi connectivity index (χ2n) is 9.43. The normalized spacial score (nSPS) is 18.8. The Bertz CT molecular complexity index is 940. The molecule has 2 aromatic rings. The van der Waals surface area contributed by atoms with Crippen molar-refractivity contribution < 1.29 is 9.18 Å². The quantitative estimate of drug-likeness (QED) is 0.485. The Labute approximate surface area is 218 Å². The van der Waals surface area contributed by atoms with Gasteiger partial charge in [-0.1, -0.05) is 44.0 Å². The van der Waals surface area contributed by atoms with E-state index >= 15 is 0 Å². The van der Waals surface area contributed by atoms with Crippen molar-refractivity contribution in [3.05, 3.63) is 68.4 Å². The molecule has 2 aromatic carbocycles. The van der Waals surface area contributed by atoms with Gasteiger partial charge >= 0.3 is 0 Å². The van der Waals surface area contributed by atoms with E-state index in [-0.39, 0.29) is 17.6 Å². The van der Waals surface area contributed by atoms with Gasteiger partial charge in [0.15, 0.2) is 0 Å². The molecule has 0 saturated carbocycles. The van der Waals surface area contributed by atoms with Gasteiger partial charge in [-0.05, 0) is 68.4 Å². The predicted octanol–water partition coefficient (Wildman–Crippen LogP) is 4.58. The lowest BCUT2D eigenvalue weighted by Crippen LogP contribution is -2.60. The predicted molar refractivity (Wildman–Crippen MR) is 142 cm³/mol. The van der Waals surface area contributed by atoms with Gasteiger partial charge < -0.3 is 15.1 Å². The molecule has 8 heteroatoms. The highest BCUT2D eigenvalue weighted by atomic mass is 79.9. The molecule has 0 radical (unpaired) electrons. The molecule has 34 heavy (non-hydrogen) atoms. The molecule has 2 heterocycles. The van der Waals surface area contributed by atoms with E-state index in [4.69, 9.17) is 0 Å². The molecule has 1 N–H and O–H groups in total. The summed E-state index contributed by atoms with van der Waals surface area (Å²) in [7, 11) is 1.85. The smallest absolute Gasteiger partial charge is 0.253 e. The van der Waals surface area contributed by atoms with E-state index in [9.17, 15) is 9.18 Å². The van der Waals surface area contributed by atoms with Crippen molar-refractivity contribution >= 4 is 37.8 Å². The zero-order valence-corrected chi connectivity index (χ0v) is 22.8. The highest BCUT2D eigenvalue weighted by Crippen LogP contribution is 2.26. The first kappa shape index (κ1) is 25.8. The third kappa shape index (κ3) is 6.88. The van der Waals surface area contributed by atoms with Gasteiger partial charge in [-0.2, -0.15) is 0 Å². The lowest BCUT2D eigenvalue weighted by molar-refractivity contribution is 0.0351. The molecule has 1 atom stereocenters. The van der Waals surface area contributed by atoms with E-state index in [0.29, 0.717) is 18.2 Å². The Morgan fingerprint density at radius 1 is 1.12 bits per heavy atom. The Balaban J connectivity index is 1.37. The third-order valence-electron chi connectivity index (χ3n) is 6.91. The molecule has 2 fully saturated rings. The van der Waals surface area contributed by atoms with Crippen LogP contribution in [0.5, 0.6) is 0 Å². The van der Waals surface area contributed by atoms with Crippen LogP contribution >= 0.6 is 31.9 Å². The number of carbonyl (C=O) groups excluding carboxylic acids is 1. The van der Waals surface area contributed by atoms with E-state index in [0.717, 1.165) is 60.2 Å². The molecule has 5 nitrogen and oxygen atoms in total. The number of likely N-dealkylation sites (N-methyl/N-ethyl adjacent to an activating group) is 1. The van der Waals surface area contributed by atoms with Crippen molar-refractivity contribution in [2.24, 2.45) is 0 Å². The van der Waals surface area contributed by atoms with Gasteiger partial charge in [0.25, 0.3) is 5.91 Å². The minimum absolute atomic E-state index is 0.0205. The molecule has 1 amide bonds.